The van der Waals surface area contributed by atoms with Gasteiger partial charge in [-0.2, -0.15) is 0 Å². The summed E-state index contributed by atoms with van der Waals surface area (Å²) in [7, 11) is 2.25. The predicted molar refractivity (Wildman–Crippen MR) is 90.4 cm³/mol. The lowest BCUT2D eigenvalue weighted by Crippen LogP contribution is -2.38. The van der Waals surface area contributed by atoms with E-state index in [1.807, 2.05) is 0 Å². The Kier molecular flexibility index (Phi) is 6.68. The van der Waals surface area contributed by atoms with Crippen LogP contribution in [0.3, 0.4) is 0 Å². The lowest BCUT2D eigenvalue weighted by Gasteiger charge is -2.27. The van der Waals surface area contributed by atoms with Crippen molar-refractivity contribution >= 4 is 0 Å². The van der Waals surface area contributed by atoms with E-state index in [-0.39, 0.29) is 0 Å². The summed E-state index contributed by atoms with van der Waals surface area (Å²) in [6.45, 7) is 11.1. The first-order valence-corrected chi connectivity index (χ1v) is 8.44. The lowest BCUT2D eigenvalue weighted by atomic mass is 10.1. The first kappa shape index (κ1) is 16.5. The maximum Gasteiger partial charge on any atom is 0.0231 e. The fraction of sp³-hybridized carbons (Fsp3) is 0.667. The highest BCUT2D eigenvalue weighted by Crippen LogP contribution is 2.18. The monoisotopic (exact) mass is 289 g/mol. The van der Waals surface area contributed by atoms with Crippen LogP contribution in [0.4, 0.5) is 0 Å². The molecule has 118 valence electrons. The summed E-state index contributed by atoms with van der Waals surface area (Å²) >= 11 is 0. The van der Waals surface area contributed by atoms with E-state index in [2.05, 4.69) is 60.3 Å². The summed E-state index contributed by atoms with van der Waals surface area (Å²) in [5, 5.41) is 3.40. The maximum atomic E-state index is 3.40. The molecule has 0 aromatic heterocycles. The van der Waals surface area contributed by atoms with Gasteiger partial charge in [-0.15, -0.1) is 0 Å². The van der Waals surface area contributed by atoms with E-state index in [0.29, 0.717) is 0 Å². The van der Waals surface area contributed by atoms with Crippen LogP contribution < -0.4 is 5.32 Å². The van der Waals surface area contributed by atoms with Crippen LogP contribution in [0.15, 0.2) is 24.3 Å². The van der Waals surface area contributed by atoms with E-state index in [0.717, 1.165) is 25.7 Å². The molecule has 1 aliphatic rings. The van der Waals surface area contributed by atoms with Crippen molar-refractivity contribution in [3.05, 3.63) is 35.4 Å². The van der Waals surface area contributed by atoms with Gasteiger partial charge in [-0.05, 0) is 50.7 Å². The molecule has 0 aliphatic carbocycles. The molecule has 1 fully saturated rings. The SMILES string of the molecule is CCNCc1cccc(CN(C)CC2CCCN2CC)c1. The second-order valence-electron chi connectivity index (χ2n) is 6.22. The van der Waals surface area contributed by atoms with Gasteiger partial charge in [0.25, 0.3) is 0 Å². The zero-order valence-electron chi connectivity index (χ0n) is 13.9. The van der Waals surface area contributed by atoms with Gasteiger partial charge in [-0.25, -0.2) is 0 Å². The molecule has 2 rings (SSSR count). The zero-order chi connectivity index (χ0) is 15.1. The Balaban J connectivity index is 1.85. The second-order valence-corrected chi connectivity index (χ2v) is 6.22. The molecule has 1 unspecified atom stereocenters. The fourth-order valence-corrected chi connectivity index (χ4v) is 3.36. The number of nitrogens with one attached hydrogen (secondary N) is 1. The minimum atomic E-state index is 0.755. The van der Waals surface area contributed by atoms with E-state index in [1.54, 1.807) is 0 Å². The molecule has 1 saturated heterocycles. The number of likely N-dealkylation sites (tertiary alicyclic amines) is 1. The molecule has 1 N–H and O–H groups in total. The van der Waals surface area contributed by atoms with Crippen LogP contribution in [0.5, 0.6) is 0 Å². The molecule has 1 atom stereocenters. The highest BCUT2D eigenvalue weighted by molar-refractivity contribution is 5.23. The Bertz CT molecular complexity index is 419. The van der Waals surface area contributed by atoms with Crippen molar-refractivity contribution in [2.24, 2.45) is 0 Å². The van der Waals surface area contributed by atoms with Crippen LogP contribution in [-0.4, -0.2) is 49.1 Å². The van der Waals surface area contributed by atoms with Crippen molar-refractivity contribution in [2.45, 2.75) is 45.8 Å². The van der Waals surface area contributed by atoms with E-state index in [1.165, 1.54) is 43.6 Å². The summed E-state index contributed by atoms with van der Waals surface area (Å²) < 4.78 is 0. The van der Waals surface area contributed by atoms with Crippen molar-refractivity contribution < 1.29 is 0 Å². The molecule has 0 radical (unpaired) electrons. The number of hydrogen-bond acceptors (Lipinski definition) is 3. The summed E-state index contributed by atoms with van der Waals surface area (Å²) in [5.41, 5.74) is 2.81. The molecule has 3 nitrogen and oxygen atoms in total. The topological polar surface area (TPSA) is 18.5 Å². The molecular weight excluding hydrogens is 258 g/mol. The quantitative estimate of drug-likeness (QED) is 0.794. The molecule has 1 aromatic rings. The Morgan fingerprint density at radius 3 is 2.86 bits per heavy atom. The Hall–Kier alpha value is -0.900. The van der Waals surface area contributed by atoms with E-state index in [4.69, 9.17) is 0 Å². The number of nitrogens with zero attached hydrogens (tertiary/aromatic N) is 2. The number of benzene rings is 1. The third-order valence-corrected chi connectivity index (χ3v) is 4.45. The summed E-state index contributed by atoms with van der Waals surface area (Å²) in [4.78, 5) is 5.10. The summed E-state index contributed by atoms with van der Waals surface area (Å²) in [6, 6.07) is 9.74. The van der Waals surface area contributed by atoms with Crippen LogP contribution in [0.25, 0.3) is 0 Å². The minimum absolute atomic E-state index is 0.755. The van der Waals surface area contributed by atoms with Crippen molar-refractivity contribution in [1.29, 1.82) is 0 Å². The number of hydrogen-bond donors (Lipinski definition) is 1. The normalized spacial score (nSPS) is 19.5. The smallest absolute Gasteiger partial charge is 0.0231 e. The third-order valence-electron chi connectivity index (χ3n) is 4.45. The van der Waals surface area contributed by atoms with Crippen molar-refractivity contribution in [3.8, 4) is 0 Å². The van der Waals surface area contributed by atoms with Crippen molar-refractivity contribution in [3.63, 3.8) is 0 Å². The molecule has 1 aromatic carbocycles. The Labute approximate surface area is 130 Å². The Morgan fingerprint density at radius 1 is 1.29 bits per heavy atom. The standard InChI is InChI=1S/C18H31N3/c1-4-19-13-16-8-6-9-17(12-16)14-20(3)15-18-10-7-11-21(18)5-2/h6,8-9,12,18-19H,4-5,7,10-11,13-15H2,1-3H3. The maximum absolute atomic E-state index is 3.40. The first-order chi connectivity index (χ1) is 10.2. The van der Waals surface area contributed by atoms with Crippen LogP contribution in [0, 0.1) is 0 Å². The lowest BCUT2D eigenvalue weighted by molar-refractivity contribution is 0.195. The molecule has 0 amide bonds. The summed E-state index contributed by atoms with van der Waals surface area (Å²) in [6.07, 6.45) is 2.73. The van der Waals surface area contributed by atoms with E-state index >= 15 is 0 Å². The first-order valence-electron chi connectivity index (χ1n) is 8.44. The second kappa shape index (κ2) is 8.52. The van der Waals surface area contributed by atoms with Gasteiger partial charge in [0.1, 0.15) is 0 Å². The van der Waals surface area contributed by atoms with Gasteiger partial charge in [0, 0.05) is 25.7 Å². The van der Waals surface area contributed by atoms with Crippen molar-refractivity contribution in [1.82, 2.24) is 15.1 Å². The van der Waals surface area contributed by atoms with Gasteiger partial charge < -0.3 is 10.2 Å². The number of rotatable bonds is 8. The summed E-state index contributed by atoms with van der Waals surface area (Å²) in [5.74, 6) is 0. The van der Waals surface area contributed by atoms with E-state index in [9.17, 15) is 0 Å². The highest BCUT2D eigenvalue weighted by atomic mass is 15.2. The fourth-order valence-electron chi connectivity index (χ4n) is 3.36. The van der Waals surface area contributed by atoms with Crippen LogP contribution in [0.2, 0.25) is 0 Å². The average Bonchev–Trinajstić information content (AvgIpc) is 2.92. The third kappa shape index (κ3) is 5.10. The van der Waals surface area contributed by atoms with Crippen LogP contribution >= 0.6 is 0 Å². The van der Waals surface area contributed by atoms with Gasteiger partial charge in [0.15, 0.2) is 0 Å². The van der Waals surface area contributed by atoms with Gasteiger partial charge in [-0.3, -0.25) is 4.90 Å². The van der Waals surface area contributed by atoms with Gasteiger partial charge >= 0.3 is 0 Å². The molecule has 3 heteroatoms. The molecule has 0 saturated carbocycles. The van der Waals surface area contributed by atoms with Gasteiger partial charge in [-0.1, -0.05) is 38.1 Å². The van der Waals surface area contributed by atoms with Crippen molar-refractivity contribution in [2.75, 3.05) is 33.2 Å². The predicted octanol–water partition coefficient (Wildman–Crippen LogP) is 2.71. The minimum Gasteiger partial charge on any atom is -0.313 e. The van der Waals surface area contributed by atoms with Gasteiger partial charge in [0.05, 0.1) is 0 Å². The number of likely N-dealkylation sites (N-methyl/N-ethyl adjacent to an activating group) is 2. The molecule has 0 spiro atoms. The molecular formula is C18H31N3. The van der Waals surface area contributed by atoms with Gasteiger partial charge in [0.2, 0.25) is 0 Å². The molecule has 1 aliphatic heterocycles. The van der Waals surface area contributed by atoms with Crippen LogP contribution in [-0.2, 0) is 13.1 Å². The van der Waals surface area contributed by atoms with Crippen LogP contribution in [0.1, 0.15) is 37.8 Å². The molecule has 1 heterocycles. The van der Waals surface area contributed by atoms with E-state index < -0.39 is 0 Å². The molecule has 0 bridgehead atoms. The Morgan fingerprint density at radius 2 is 2.10 bits per heavy atom. The largest absolute Gasteiger partial charge is 0.313 e. The zero-order valence-corrected chi connectivity index (χ0v) is 13.9. The average molecular weight is 289 g/mol. The highest BCUT2D eigenvalue weighted by Gasteiger charge is 2.23. The molecule has 21 heavy (non-hydrogen) atoms.